The fourth-order valence-corrected chi connectivity index (χ4v) is 3.42. The standard InChI is InChI=1S/C20H27N3O2S.HI/c1-2-21-20(22-14-13-19(24)17-9-5-3-6-10-17)23-15-16-26(25)18-11-7-4-8-12-18;/h3-12,19,24H,2,13-16H2,1H3,(H2,21,22,23);1H. The molecule has 2 unspecified atom stereocenters. The smallest absolute Gasteiger partial charge is 0.191 e. The van der Waals surface area contributed by atoms with Crippen molar-refractivity contribution in [2.24, 2.45) is 4.99 Å². The van der Waals surface area contributed by atoms with Crippen LogP contribution in [0.5, 0.6) is 0 Å². The van der Waals surface area contributed by atoms with Crippen LogP contribution in [0.3, 0.4) is 0 Å². The van der Waals surface area contributed by atoms with Crippen LogP contribution in [0.4, 0.5) is 0 Å². The molecule has 0 amide bonds. The Bertz CT molecular complexity index is 699. The Balaban J connectivity index is 0.00000364. The minimum atomic E-state index is -1.03. The van der Waals surface area contributed by atoms with Gasteiger partial charge in [-0.3, -0.25) is 9.20 Å². The molecule has 3 N–H and O–H groups in total. The van der Waals surface area contributed by atoms with Gasteiger partial charge in [0.15, 0.2) is 5.96 Å². The Morgan fingerprint density at radius 3 is 2.33 bits per heavy atom. The molecule has 0 saturated carbocycles. The molecule has 0 aromatic heterocycles. The average molecular weight is 501 g/mol. The minimum Gasteiger partial charge on any atom is -0.388 e. The topological polar surface area (TPSA) is 73.7 Å². The lowest BCUT2D eigenvalue weighted by Crippen LogP contribution is -2.39. The highest BCUT2D eigenvalue weighted by Crippen LogP contribution is 2.15. The molecule has 27 heavy (non-hydrogen) atoms. The minimum absolute atomic E-state index is 0. The van der Waals surface area contributed by atoms with Crippen LogP contribution in [0.1, 0.15) is 25.0 Å². The first-order chi connectivity index (χ1) is 12.7. The molecule has 2 aromatic carbocycles. The maximum Gasteiger partial charge on any atom is 0.191 e. The summed E-state index contributed by atoms with van der Waals surface area (Å²) < 4.78 is 12.2. The second-order valence-corrected chi connectivity index (χ2v) is 7.34. The third-order valence-corrected chi connectivity index (χ3v) is 5.16. The molecule has 0 heterocycles. The van der Waals surface area contributed by atoms with E-state index in [0.717, 1.165) is 17.0 Å². The molecule has 0 saturated heterocycles. The zero-order chi connectivity index (χ0) is 18.6. The van der Waals surface area contributed by atoms with E-state index in [0.29, 0.717) is 31.2 Å². The third kappa shape index (κ3) is 8.85. The van der Waals surface area contributed by atoms with Crippen LogP contribution in [0.15, 0.2) is 70.6 Å². The van der Waals surface area contributed by atoms with E-state index in [-0.39, 0.29) is 24.0 Å². The van der Waals surface area contributed by atoms with E-state index in [9.17, 15) is 9.32 Å². The Kier molecular flexibility index (Phi) is 12.0. The molecule has 0 bridgehead atoms. The summed E-state index contributed by atoms with van der Waals surface area (Å²) in [4.78, 5) is 5.32. The molecule has 2 atom stereocenters. The zero-order valence-corrected chi connectivity index (χ0v) is 18.7. The molecule has 148 valence electrons. The number of rotatable bonds is 9. The number of aliphatic imine (C=N–C) groups is 1. The Labute approximate surface area is 181 Å². The summed E-state index contributed by atoms with van der Waals surface area (Å²) in [6.45, 7) is 3.81. The summed E-state index contributed by atoms with van der Waals surface area (Å²) in [5, 5.41) is 16.6. The summed E-state index contributed by atoms with van der Waals surface area (Å²) in [5.74, 6) is 1.19. The summed E-state index contributed by atoms with van der Waals surface area (Å²) in [7, 11) is -1.03. The van der Waals surface area contributed by atoms with Crippen molar-refractivity contribution in [1.82, 2.24) is 10.6 Å². The highest BCUT2D eigenvalue weighted by molar-refractivity contribution is 14.0. The molecule has 0 aliphatic rings. The number of hydrogen-bond donors (Lipinski definition) is 3. The SMILES string of the molecule is CCNC(=NCCC(O)c1ccccc1)NCCS(=O)c1ccccc1.I. The lowest BCUT2D eigenvalue weighted by atomic mass is 10.1. The first-order valence-corrected chi connectivity index (χ1v) is 10.2. The van der Waals surface area contributed by atoms with Crippen LogP contribution >= 0.6 is 24.0 Å². The second kappa shape index (κ2) is 13.7. The van der Waals surface area contributed by atoms with Crippen molar-refractivity contribution in [3.8, 4) is 0 Å². The number of hydrogen-bond acceptors (Lipinski definition) is 3. The summed E-state index contributed by atoms with van der Waals surface area (Å²) in [5.41, 5.74) is 0.902. The van der Waals surface area contributed by atoms with Crippen LogP contribution in [-0.4, -0.2) is 40.7 Å². The Morgan fingerprint density at radius 2 is 1.70 bits per heavy atom. The first-order valence-electron chi connectivity index (χ1n) is 8.89. The van der Waals surface area contributed by atoms with Crippen LogP contribution < -0.4 is 10.6 Å². The van der Waals surface area contributed by atoms with Gasteiger partial charge in [0.1, 0.15) is 0 Å². The molecular formula is C20H28IN3O2S. The summed E-state index contributed by atoms with van der Waals surface area (Å²) in [6, 6.07) is 19.0. The summed E-state index contributed by atoms with van der Waals surface area (Å²) >= 11 is 0. The lowest BCUT2D eigenvalue weighted by molar-refractivity contribution is 0.170. The normalized spacial score (nSPS) is 13.3. The lowest BCUT2D eigenvalue weighted by Gasteiger charge is -2.13. The Hall–Kier alpha value is -1.45. The van der Waals surface area contributed by atoms with E-state index in [2.05, 4.69) is 15.6 Å². The second-order valence-electron chi connectivity index (χ2n) is 5.77. The van der Waals surface area contributed by atoms with Gasteiger partial charge in [-0.05, 0) is 31.0 Å². The van der Waals surface area contributed by atoms with Gasteiger partial charge in [0.05, 0.1) is 16.9 Å². The molecule has 0 radical (unpaired) electrons. The van der Waals surface area contributed by atoms with E-state index in [1.54, 1.807) is 0 Å². The average Bonchev–Trinajstić information content (AvgIpc) is 2.69. The molecule has 0 aliphatic heterocycles. The highest BCUT2D eigenvalue weighted by Gasteiger charge is 2.07. The molecule has 0 aliphatic carbocycles. The van der Waals surface area contributed by atoms with Gasteiger partial charge in [-0.2, -0.15) is 0 Å². The van der Waals surface area contributed by atoms with E-state index >= 15 is 0 Å². The van der Waals surface area contributed by atoms with Gasteiger partial charge in [-0.15, -0.1) is 24.0 Å². The van der Waals surface area contributed by atoms with Crippen molar-refractivity contribution in [2.75, 3.05) is 25.4 Å². The fraction of sp³-hybridized carbons (Fsp3) is 0.350. The number of nitrogens with zero attached hydrogens (tertiary/aromatic N) is 1. The molecule has 0 fully saturated rings. The molecule has 5 nitrogen and oxygen atoms in total. The van der Waals surface area contributed by atoms with Crippen LogP contribution in [0.25, 0.3) is 0 Å². The van der Waals surface area contributed by atoms with Gasteiger partial charge in [0.2, 0.25) is 0 Å². The van der Waals surface area contributed by atoms with Gasteiger partial charge in [-0.1, -0.05) is 48.5 Å². The predicted octanol–water partition coefficient (Wildman–Crippen LogP) is 3.09. The zero-order valence-electron chi connectivity index (χ0n) is 15.5. The molecule has 7 heteroatoms. The number of aliphatic hydroxyl groups excluding tert-OH is 1. The van der Waals surface area contributed by atoms with E-state index in [1.165, 1.54) is 0 Å². The third-order valence-electron chi connectivity index (χ3n) is 3.79. The van der Waals surface area contributed by atoms with E-state index in [1.807, 2.05) is 67.6 Å². The maximum atomic E-state index is 12.2. The van der Waals surface area contributed by atoms with Crippen molar-refractivity contribution in [1.29, 1.82) is 0 Å². The first kappa shape index (κ1) is 23.6. The van der Waals surface area contributed by atoms with Gasteiger partial charge >= 0.3 is 0 Å². The fourth-order valence-electron chi connectivity index (χ4n) is 2.43. The molecule has 0 spiro atoms. The molecule has 2 rings (SSSR count). The molecule has 2 aromatic rings. The van der Waals surface area contributed by atoms with Crippen molar-refractivity contribution >= 4 is 40.7 Å². The quantitative estimate of drug-likeness (QED) is 0.281. The van der Waals surface area contributed by atoms with E-state index in [4.69, 9.17) is 0 Å². The number of guanidine groups is 1. The van der Waals surface area contributed by atoms with Crippen molar-refractivity contribution in [3.05, 3.63) is 66.2 Å². The monoisotopic (exact) mass is 501 g/mol. The Morgan fingerprint density at radius 1 is 1.07 bits per heavy atom. The molecular weight excluding hydrogens is 473 g/mol. The number of aliphatic hydroxyl groups is 1. The van der Waals surface area contributed by atoms with Gasteiger partial charge < -0.3 is 15.7 Å². The number of nitrogens with one attached hydrogen (secondary N) is 2. The van der Waals surface area contributed by atoms with Crippen LogP contribution in [-0.2, 0) is 10.8 Å². The van der Waals surface area contributed by atoms with Gasteiger partial charge in [0.25, 0.3) is 0 Å². The van der Waals surface area contributed by atoms with Gasteiger partial charge in [0, 0.05) is 30.3 Å². The van der Waals surface area contributed by atoms with Crippen LogP contribution in [0.2, 0.25) is 0 Å². The highest BCUT2D eigenvalue weighted by atomic mass is 127. The predicted molar refractivity (Wildman–Crippen MR) is 123 cm³/mol. The van der Waals surface area contributed by atoms with Crippen molar-refractivity contribution in [2.45, 2.75) is 24.3 Å². The van der Waals surface area contributed by atoms with Crippen molar-refractivity contribution in [3.63, 3.8) is 0 Å². The van der Waals surface area contributed by atoms with Crippen LogP contribution in [0, 0.1) is 0 Å². The maximum absolute atomic E-state index is 12.2. The van der Waals surface area contributed by atoms with Gasteiger partial charge in [-0.25, -0.2) is 0 Å². The largest absolute Gasteiger partial charge is 0.388 e. The van der Waals surface area contributed by atoms with Crippen molar-refractivity contribution < 1.29 is 9.32 Å². The summed E-state index contributed by atoms with van der Waals surface area (Å²) in [6.07, 6.45) is 0.0321. The number of benzene rings is 2. The number of halogens is 1. The van der Waals surface area contributed by atoms with E-state index < -0.39 is 16.9 Å².